The third-order valence-corrected chi connectivity index (χ3v) is 4.48. The second-order valence-corrected chi connectivity index (χ2v) is 6.74. The maximum atomic E-state index is 11.0. The van der Waals surface area contributed by atoms with Gasteiger partial charge in [-0.2, -0.15) is 0 Å². The summed E-state index contributed by atoms with van der Waals surface area (Å²) in [6, 6.07) is 0. The molecule has 3 heteroatoms. The predicted octanol–water partition coefficient (Wildman–Crippen LogP) is 5.91. The molecule has 0 aromatic rings. The molecule has 0 unspecified atom stereocenters. The molecule has 23 heavy (non-hydrogen) atoms. The van der Waals surface area contributed by atoms with Gasteiger partial charge in [-0.1, -0.05) is 103 Å². The molecule has 0 rings (SSSR count). The van der Waals surface area contributed by atoms with Gasteiger partial charge in [0.15, 0.2) is 0 Å². The summed E-state index contributed by atoms with van der Waals surface area (Å²) in [6.45, 7) is 2.27. The van der Waals surface area contributed by atoms with Crippen LogP contribution in [0.1, 0.15) is 116 Å². The van der Waals surface area contributed by atoms with Crippen LogP contribution in [0.5, 0.6) is 0 Å². The van der Waals surface area contributed by atoms with Crippen LogP contribution in [0.15, 0.2) is 0 Å². The highest BCUT2D eigenvalue weighted by atomic mass is 16.2. The minimum Gasteiger partial charge on any atom is -0.299 e. The lowest BCUT2D eigenvalue weighted by atomic mass is 10.0. The summed E-state index contributed by atoms with van der Waals surface area (Å²) in [4.78, 5) is 21.1. The van der Waals surface area contributed by atoms with Gasteiger partial charge < -0.3 is 0 Å². The summed E-state index contributed by atoms with van der Waals surface area (Å²) in [7, 11) is 0. The number of hydrogen-bond acceptors (Lipinski definition) is 2. The average molecular weight is 326 g/mol. The van der Waals surface area contributed by atoms with E-state index < -0.39 is 0 Å². The number of carbonyl (C=O) groups is 2. The van der Waals surface area contributed by atoms with Gasteiger partial charge in [0.25, 0.3) is 0 Å². The second kappa shape index (κ2) is 19.2. The fourth-order valence-corrected chi connectivity index (χ4v) is 2.97. The normalized spacial score (nSPS) is 10.7. The molecule has 2 amide bonds. The highest BCUT2D eigenvalue weighted by Gasteiger charge is 1.99. The van der Waals surface area contributed by atoms with E-state index in [0.29, 0.717) is 12.8 Å². The molecule has 0 heterocycles. The van der Waals surface area contributed by atoms with Crippen molar-refractivity contribution in [2.24, 2.45) is 0 Å². The Morgan fingerprint density at radius 3 is 1.35 bits per heavy atom. The van der Waals surface area contributed by atoms with Gasteiger partial charge in [0.05, 0.1) is 0 Å². The monoisotopic (exact) mass is 325 g/mol. The molecule has 0 saturated heterocycles. The molecule has 0 saturated carbocycles. The Morgan fingerprint density at radius 1 is 0.652 bits per heavy atom. The first kappa shape index (κ1) is 22.1. The Labute approximate surface area is 144 Å². The van der Waals surface area contributed by atoms with Gasteiger partial charge in [-0.05, 0) is 6.42 Å². The van der Waals surface area contributed by atoms with Crippen molar-refractivity contribution in [3.05, 3.63) is 0 Å². The summed E-state index contributed by atoms with van der Waals surface area (Å²) in [6.07, 6.45) is 22.3. The number of amides is 2. The molecule has 0 spiro atoms. The van der Waals surface area contributed by atoms with E-state index >= 15 is 0 Å². The van der Waals surface area contributed by atoms with Gasteiger partial charge in [-0.3, -0.25) is 14.9 Å². The summed E-state index contributed by atoms with van der Waals surface area (Å²) in [5.41, 5.74) is 0. The van der Waals surface area contributed by atoms with Crippen LogP contribution in [0.3, 0.4) is 0 Å². The van der Waals surface area contributed by atoms with E-state index in [1.165, 1.54) is 89.9 Å². The molecule has 0 aliphatic rings. The number of unbranched alkanes of at least 4 members (excludes halogenated alkanes) is 15. The van der Waals surface area contributed by atoms with Crippen molar-refractivity contribution >= 4 is 12.3 Å². The lowest BCUT2D eigenvalue weighted by Gasteiger charge is -2.03. The summed E-state index contributed by atoms with van der Waals surface area (Å²) < 4.78 is 0. The molecule has 0 radical (unpaired) electrons. The molecule has 0 bridgehead atoms. The molecule has 3 nitrogen and oxygen atoms in total. The van der Waals surface area contributed by atoms with E-state index in [0.717, 1.165) is 12.8 Å². The predicted molar refractivity (Wildman–Crippen MR) is 98.4 cm³/mol. The molecule has 136 valence electrons. The zero-order valence-electron chi connectivity index (χ0n) is 15.4. The van der Waals surface area contributed by atoms with Crippen molar-refractivity contribution in [2.45, 2.75) is 116 Å². The number of rotatable bonds is 18. The largest absolute Gasteiger partial charge is 0.299 e. The Kier molecular flexibility index (Phi) is 18.5. The van der Waals surface area contributed by atoms with Gasteiger partial charge in [0, 0.05) is 6.42 Å². The van der Waals surface area contributed by atoms with Crippen LogP contribution in [0.2, 0.25) is 0 Å². The minimum absolute atomic E-state index is 0.148. The van der Waals surface area contributed by atoms with Gasteiger partial charge in [-0.25, -0.2) is 0 Å². The van der Waals surface area contributed by atoms with Crippen LogP contribution in [-0.2, 0) is 9.59 Å². The van der Waals surface area contributed by atoms with E-state index in [9.17, 15) is 9.59 Å². The van der Waals surface area contributed by atoms with Crippen molar-refractivity contribution in [1.82, 2.24) is 5.32 Å². The lowest BCUT2D eigenvalue weighted by Crippen LogP contribution is -2.20. The van der Waals surface area contributed by atoms with E-state index in [1.54, 1.807) is 0 Å². The molecular weight excluding hydrogens is 286 g/mol. The first-order valence-electron chi connectivity index (χ1n) is 10.0. The zero-order chi connectivity index (χ0) is 17.0. The van der Waals surface area contributed by atoms with Crippen LogP contribution in [0.4, 0.5) is 0 Å². The first-order valence-corrected chi connectivity index (χ1v) is 10.0. The van der Waals surface area contributed by atoms with E-state index in [-0.39, 0.29) is 5.91 Å². The Bertz CT molecular complexity index is 266. The van der Waals surface area contributed by atoms with E-state index in [4.69, 9.17) is 0 Å². The number of nitrogens with one attached hydrogen (secondary N) is 1. The molecule has 0 fully saturated rings. The minimum atomic E-state index is -0.148. The SMILES string of the molecule is CCCCCCCCCCCCCCCCCCC(=O)NC=O. The highest BCUT2D eigenvalue weighted by molar-refractivity contribution is 5.85. The summed E-state index contributed by atoms with van der Waals surface area (Å²) in [5, 5.41) is 2.18. The molecule has 1 N–H and O–H groups in total. The van der Waals surface area contributed by atoms with Crippen molar-refractivity contribution in [3.8, 4) is 0 Å². The number of hydrogen-bond donors (Lipinski definition) is 1. The first-order chi connectivity index (χ1) is 11.3. The topological polar surface area (TPSA) is 46.2 Å². The van der Waals surface area contributed by atoms with Gasteiger partial charge in [0.1, 0.15) is 0 Å². The molecule has 0 atom stereocenters. The number of imide groups is 1. The van der Waals surface area contributed by atoms with Crippen LogP contribution in [0, 0.1) is 0 Å². The molecule has 0 aromatic carbocycles. The summed E-state index contributed by atoms with van der Waals surface area (Å²) >= 11 is 0. The smallest absolute Gasteiger partial charge is 0.226 e. The van der Waals surface area contributed by atoms with Gasteiger partial charge >= 0.3 is 0 Å². The number of carbonyl (C=O) groups excluding carboxylic acids is 2. The molecule has 0 aromatic heterocycles. The molecule has 0 aliphatic heterocycles. The average Bonchev–Trinajstić information content (AvgIpc) is 2.54. The zero-order valence-corrected chi connectivity index (χ0v) is 15.4. The van der Waals surface area contributed by atoms with Crippen molar-refractivity contribution in [1.29, 1.82) is 0 Å². The Balaban J connectivity index is 3.02. The van der Waals surface area contributed by atoms with Crippen LogP contribution in [-0.4, -0.2) is 12.3 Å². The van der Waals surface area contributed by atoms with Crippen LogP contribution in [0.25, 0.3) is 0 Å². The van der Waals surface area contributed by atoms with Crippen LogP contribution >= 0.6 is 0 Å². The van der Waals surface area contributed by atoms with Crippen molar-refractivity contribution in [2.75, 3.05) is 0 Å². The maximum Gasteiger partial charge on any atom is 0.226 e. The third kappa shape index (κ3) is 19.1. The fourth-order valence-electron chi connectivity index (χ4n) is 2.97. The molecule has 0 aliphatic carbocycles. The third-order valence-electron chi connectivity index (χ3n) is 4.48. The Hall–Kier alpha value is -0.860. The van der Waals surface area contributed by atoms with Crippen LogP contribution < -0.4 is 5.32 Å². The Morgan fingerprint density at radius 2 is 1.00 bits per heavy atom. The highest BCUT2D eigenvalue weighted by Crippen LogP contribution is 2.13. The van der Waals surface area contributed by atoms with Crippen molar-refractivity contribution in [3.63, 3.8) is 0 Å². The van der Waals surface area contributed by atoms with Gasteiger partial charge in [0.2, 0.25) is 12.3 Å². The molecular formula is C20H39NO2. The standard InChI is InChI=1S/C20H39NO2/c1-2-3-4-5-6-7-8-9-10-11-12-13-14-15-16-17-18-20(23)21-19-22/h19H,2-18H2,1H3,(H,21,22,23). The van der Waals surface area contributed by atoms with Gasteiger partial charge in [-0.15, -0.1) is 0 Å². The van der Waals surface area contributed by atoms with Crippen molar-refractivity contribution < 1.29 is 9.59 Å². The van der Waals surface area contributed by atoms with E-state index in [2.05, 4.69) is 12.2 Å². The van der Waals surface area contributed by atoms with E-state index in [1.807, 2.05) is 0 Å². The lowest BCUT2D eigenvalue weighted by molar-refractivity contribution is -0.125. The maximum absolute atomic E-state index is 11.0. The summed E-state index contributed by atoms with van der Waals surface area (Å²) in [5.74, 6) is -0.148. The quantitative estimate of drug-likeness (QED) is 0.251. The fraction of sp³-hybridized carbons (Fsp3) is 0.900. The second-order valence-electron chi connectivity index (χ2n) is 6.74.